The Kier molecular flexibility index (Phi) is 5.74. The number of halogens is 3. The maximum atomic E-state index is 12.2. The molecule has 2 aromatic rings. The molecule has 2 rings (SSSR count). The first-order chi connectivity index (χ1) is 9.51. The van der Waals surface area contributed by atoms with Crippen molar-refractivity contribution in [3.63, 3.8) is 0 Å². The summed E-state index contributed by atoms with van der Waals surface area (Å²) in [4.78, 5) is 16.4. The van der Waals surface area contributed by atoms with Crippen molar-refractivity contribution in [2.45, 2.75) is 6.42 Å². The van der Waals surface area contributed by atoms with Crippen molar-refractivity contribution in [3.8, 4) is 0 Å². The lowest BCUT2D eigenvalue weighted by molar-refractivity contribution is 0.102. The number of hydrogen-bond donors (Lipinski definition) is 2. The molecule has 0 aliphatic heterocycles. The van der Waals surface area contributed by atoms with Crippen molar-refractivity contribution in [2.75, 3.05) is 11.9 Å². The number of anilines is 1. The van der Waals surface area contributed by atoms with Gasteiger partial charge in [0.2, 0.25) is 0 Å². The first kappa shape index (κ1) is 16.1. The molecule has 0 aliphatic rings. The molecule has 4 nitrogen and oxygen atoms in total. The zero-order valence-electron chi connectivity index (χ0n) is 10.1. The molecule has 8 heteroatoms. The number of aromatic nitrogens is 1. The largest absolute Gasteiger partial charge is 0.330 e. The van der Waals surface area contributed by atoms with Crippen molar-refractivity contribution in [3.05, 3.63) is 41.6 Å². The molecule has 1 heterocycles. The van der Waals surface area contributed by atoms with E-state index >= 15 is 0 Å². The van der Waals surface area contributed by atoms with Gasteiger partial charge in [-0.05, 0) is 50.5 Å². The van der Waals surface area contributed by atoms with E-state index < -0.39 is 0 Å². The Morgan fingerprint density at radius 3 is 2.55 bits per heavy atom. The number of amides is 1. The van der Waals surface area contributed by atoms with Crippen LogP contribution in [0.25, 0.3) is 0 Å². The lowest BCUT2D eigenvalue weighted by Crippen LogP contribution is -2.13. The quantitative estimate of drug-likeness (QED) is 0.685. The van der Waals surface area contributed by atoms with Gasteiger partial charge in [-0.2, -0.15) is 0 Å². The fraction of sp³-hybridized carbons (Fsp3) is 0.167. The number of thiazole rings is 1. The van der Waals surface area contributed by atoms with Crippen LogP contribution >= 0.6 is 59.1 Å². The molecular weight excluding hydrogens is 474 g/mol. The number of carbonyl (C=O) groups excluding carboxylic acids is 1. The lowest BCUT2D eigenvalue weighted by atomic mass is 10.3. The van der Waals surface area contributed by atoms with Gasteiger partial charge in [0, 0.05) is 25.2 Å². The van der Waals surface area contributed by atoms with E-state index in [2.05, 4.69) is 58.1 Å². The van der Waals surface area contributed by atoms with E-state index in [1.54, 1.807) is 5.38 Å². The molecule has 0 atom stereocenters. The predicted octanol–water partition coefficient (Wildman–Crippen LogP) is 4.18. The van der Waals surface area contributed by atoms with Crippen molar-refractivity contribution in [1.82, 2.24) is 4.98 Å². The average Bonchev–Trinajstić information content (AvgIpc) is 2.82. The van der Waals surface area contributed by atoms with E-state index in [-0.39, 0.29) is 5.91 Å². The Morgan fingerprint density at radius 1 is 1.30 bits per heavy atom. The third kappa shape index (κ3) is 3.88. The third-order valence-electron chi connectivity index (χ3n) is 2.39. The second-order valence-corrected chi connectivity index (χ2v) is 7.43. The van der Waals surface area contributed by atoms with E-state index in [4.69, 9.17) is 5.73 Å². The van der Waals surface area contributed by atoms with Gasteiger partial charge in [0.25, 0.3) is 5.91 Å². The summed E-state index contributed by atoms with van der Waals surface area (Å²) >= 11 is 11.7. The Morgan fingerprint density at radius 2 is 1.95 bits per heavy atom. The highest BCUT2D eigenvalue weighted by atomic mass is 79.9. The summed E-state index contributed by atoms with van der Waals surface area (Å²) in [5.41, 5.74) is 6.55. The Balaban J connectivity index is 2.19. The van der Waals surface area contributed by atoms with Gasteiger partial charge in [-0.3, -0.25) is 4.79 Å². The van der Waals surface area contributed by atoms with Gasteiger partial charge >= 0.3 is 0 Å². The molecule has 106 valence electrons. The zero-order chi connectivity index (χ0) is 14.7. The smallest absolute Gasteiger partial charge is 0.275 e. The maximum Gasteiger partial charge on any atom is 0.275 e. The molecule has 0 bridgehead atoms. The topological polar surface area (TPSA) is 68.0 Å². The number of nitrogens with two attached hydrogens (primary N) is 1. The third-order valence-corrected chi connectivity index (χ3v) is 5.01. The molecule has 0 radical (unpaired) electrons. The molecule has 0 fully saturated rings. The number of nitrogens with one attached hydrogen (secondary N) is 1. The Hall–Kier alpha value is -0.280. The first-order valence-electron chi connectivity index (χ1n) is 5.61. The van der Waals surface area contributed by atoms with Crippen LogP contribution in [0.15, 0.2) is 30.9 Å². The molecule has 0 unspecified atom stereocenters. The molecule has 0 aliphatic carbocycles. The number of nitrogens with zero attached hydrogens (tertiary/aromatic N) is 1. The first-order valence-corrected chi connectivity index (χ1v) is 8.87. The summed E-state index contributed by atoms with van der Waals surface area (Å²) in [7, 11) is 0. The predicted molar refractivity (Wildman–Crippen MR) is 92.4 cm³/mol. The van der Waals surface area contributed by atoms with Gasteiger partial charge in [-0.25, -0.2) is 4.98 Å². The minimum Gasteiger partial charge on any atom is -0.330 e. The van der Waals surface area contributed by atoms with Gasteiger partial charge < -0.3 is 11.1 Å². The van der Waals surface area contributed by atoms with Crippen LogP contribution in [0, 0.1) is 0 Å². The average molecular weight is 484 g/mol. The monoisotopic (exact) mass is 481 g/mol. The number of benzene rings is 1. The molecule has 0 saturated carbocycles. The summed E-state index contributed by atoms with van der Waals surface area (Å²) in [5, 5.41) is 5.44. The number of rotatable bonds is 4. The van der Waals surface area contributed by atoms with Crippen LogP contribution in [-0.2, 0) is 6.42 Å². The van der Waals surface area contributed by atoms with E-state index in [1.165, 1.54) is 11.3 Å². The van der Waals surface area contributed by atoms with Gasteiger partial charge in [-0.1, -0.05) is 15.9 Å². The van der Waals surface area contributed by atoms with Crippen LogP contribution in [0.2, 0.25) is 0 Å². The Bertz CT molecular complexity index is 622. The molecule has 0 spiro atoms. The van der Waals surface area contributed by atoms with Gasteiger partial charge in [0.1, 0.15) is 5.69 Å². The summed E-state index contributed by atoms with van der Waals surface area (Å²) in [6, 6.07) is 3.72. The normalized spacial score (nSPS) is 10.6. The minimum absolute atomic E-state index is 0.242. The maximum absolute atomic E-state index is 12.2. The minimum atomic E-state index is -0.242. The van der Waals surface area contributed by atoms with E-state index in [0.29, 0.717) is 24.3 Å². The van der Waals surface area contributed by atoms with Gasteiger partial charge in [-0.15, -0.1) is 11.3 Å². The van der Waals surface area contributed by atoms with Crippen molar-refractivity contribution < 1.29 is 4.79 Å². The van der Waals surface area contributed by atoms with Gasteiger partial charge in [0.15, 0.2) is 0 Å². The van der Waals surface area contributed by atoms with Crippen molar-refractivity contribution in [1.29, 1.82) is 0 Å². The molecule has 20 heavy (non-hydrogen) atoms. The fourth-order valence-corrected chi connectivity index (χ4v) is 4.74. The highest BCUT2D eigenvalue weighted by Crippen LogP contribution is 2.34. The van der Waals surface area contributed by atoms with Crippen molar-refractivity contribution >= 4 is 70.7 Å². The van der Waals surface area contributed by atoms with Crippen LogP contribution < -0.4 is 11.1 Å². The summed E-state index contributed by atoms with van der Waals surface area (Å²) in [6.07, 6.45) is 0.684. The van der Waals surface area contributed by atoms with Crippen LogP contribution in [0.5, 0.6) is 0 Å². The second-order valence-electron chi connectivity index (χ2n) is 3.86. The summed E-state index contributed by atoms with van der Waals surface area (Å²) < 4.78 is 2.47. The Labute approximate surface area is 145 Å². The van der Waals surface area contributed by atoms with Crippen LogP contribution in [0.3, 0.4) is 0 Å². The number of hydrogen-bond acceptors (Lipinski definition) is 4. The summed E-state index contributed by atoms with van der Waals surface area (Å²) in [6.45, 7) is 0.526. The van der Waals surface area contributed by atoms with E-state index in [9.17, 15) is 4.79 Å². The molecule has 0 saturated heterocycles. The molecular formula is C12H10Br3N3OS. The molecule has 1 aromatic heterocycles. The molecule has 1 aromatic carbocycles. The standard InChI is InChI=1S/C12H10Br3N3OS/c13-6-3-7(14)11(8(15)4-6)18-12(19)9-5-20-10(17-9)1-2-16/h3-5H,1-2,16H2,(H,18,19). The van der Waals surface area contributed by atoms with Gasteiger partial charge in [0.05, 0.1) is 10.7 Å². The fourth-order valence-electron chi connectivity index (χ4n) is 1.49. The second kappa shape index (κ2) is 7.13. The van der Waals surface area contributed by atoms with E-state index in [1.807, 2.05) is 12.1 Å². The van der Waals surface area contributed by atoms with Crippen LogP contribution in [-0.4, -0.2) is 17.4 Å². The summed E-state index contributed by atoms with van der Waals surface area (Å²) in [5.74, 6) is -0.242. The van der Waals surface area contributed by atoms with Crippen LogP contribution in [0.1, 0.15) is 15.5 Å². The highest BCUT2D eigenvalue weighted by molar-refractivity contribution is 9.11. The number of carbonyl (C=O) groups is 1. The highest BCUT2D eigenvalue weighted by Gasteiger charge is 2.14. The lowest BCUT2D eigenvalue weighted by Gasteiger charge is -2.09. The molecule has 3 N–H and O–H groups in total. The SMILES string of the molecule is NCCc1nc(C(=O)Nc2c(Br)cc(Br)cc2Br)cs1. The van der Waals surface area contributed by atoms with E-state index in [0.717, 1.165) is 18.4 Å². The van der Waals surface area contributed by atoms with Crippen LogP contribution in [0.4, 0.5) is 5.69 Å². The molecule has 1 amide bonds. The zero-order valence-corrected chi connectivity index (χ0v) is 15.7. The van der Waals surface area contributed by atoms with Crippen molar-refractivity contribution in [2.24, 2.45) is 5.73 Å².